The minimum Gasteiger partial charge on any atom is -0.481 e. The Balaban J connectivity index is 2.01. The molecule has 7 nitrogen and oxygen atoms in total. The van der Waals surface area contributed by atoms with E-state index in [1.54, 1.807) is 42.2 Å². The number of nitrogens with one attached hydrogen (secondary N) is 2. The molecular formula is C14H16N4O3. The lowest BCUT2D eigenvalue weighted by molar-refractivity contribution is -0.136. The van der Waals surface area contributed by atoms with Crippen LogP contribution >= 0.6 is 0 Å². The topological polar surface area (TPSA) is 96.2 Å². The molecule has 0 unspecified atom stereocenters. The summed E-state index contributed by atoms with van der Waals surface area (Å²) < 4.78 is 1.58. The van der Waals surface area contributed by atoms with E-state index in [4.69, 9.17) is 5.11 Å². The van der Waals surface area contributed by atoms with Gasteiger partial charge < -0.3 is 15.7 Å². The summed E-state index contributed by atoms with van der Waals surface area (Å²) in [6.07, 6.45) is 3.59. The molecule has 2 aromatic rings. The largest absolute Gasteiger partial charge is 0.481 e. The average Bonchev–Trinajstić information content (AvgIpc) is 2.83. The fraction of sp³-hybridized carbons (Fsp3) is 0.214. The predicted octanol–water partition coefficient (Wildman–Crippen LogP) is 2.08. The van der Waals surface area contributed by atoms with E-state index in [1.165, 1.54) is 6.20 Å². The number of carbonyl (C=O) groups excluding carboxylic acids is 1. The van der Waals surface area contributed by atoms with Crippen LogP contribution in [0.5, 0.6) is 0 Å². The monoisotopic (exact) mass is 288 g/mol. The number of urea groups is 1. The third-order valence-electron chi connectivity index (χ3n) is 2.84. The summed E-state index contributed by atoms with van der Waals surface area (Å²) in [5.41, 5.74) is 1.96. The van der Waals surface area contributed by atoms with Crippen molar-refractivity contribution in [2.45, 2.75) is 12.8 Å². The van der Waals surface area contributed by atoms with Crippen molar-refractivity contribution in [2.75, 3.05) is 10.6 Å². The smallest absolute Gasteiger partial charge is 0.323 e. The number of hydrogen-bond donors (Lipinski definition) is 3. The Kier molecular flexibility index (Phi) is 4.55. The van der Waals surface area contributed by atoms with Gasteiger partial charge in [-0.1, -0.05) is 18.2 Å². The van der Waals surface area contributed by atoms with E-state index in [1.807, 2.05) is 0 Å². The maximum atomic E-state index is 11.9. The van der Waals surface area contributed by atoms with Crippen molar-refractivity contribution in [2.24, 2.45) is 7.05 Å². The lowest BCUT2D eigenvalue weighted by Crippen LogP contribution is -2.20. The second-order valence-electron chi connectivity index (χ2n) is 4.53. The van der Waals surface area contributed by atoms with Crippen molar-refractivity contribution in [3.05, 3.63) is 42.2 Å². The maximum Gasteiger partial charge on any atom is 0.323 e. The highest BCUT2D eigenvalue weighted by molar-refractivity contribution is 6.00. The van der Waals surface area contributed by atoms with Gasteiger partial charge in [0.05, 0.1) is 11.9 Å². The summed E-state index contributed by atoms with van der Waals surface area (Å²) in [6.45, 7) is 0. The first-order chi connectivity index (χ1) is 10.0. The van der Waals surface area contributed by atoms with Crippen LogP contribution in [0.3, 0.4) is 0 Å². The van der Waals surface area contributed by atoms with E-state index >= 15 is 0 Å². The summed E-state index contributed by atoms with van der Waals surface area (Å²) in [7, 11) is 1.75. The minimum atomic E-state index is -0.871. The number of anilines is 2. The molecule has 7 heteroatoms. The number of carbonyl (C=O) groups is 2. The highest BCUT2D eigenvalue weighted by atomic mass is 16.4. The van der Waals surface area contributed by atoms with Gasteiger partial charge in [0.2, 0.25) is 0 Å². The second-order valence-corrected chi connectivity index (χ2v) is 4.53. The molecule has 0 aliphatic carbocycles. The zero-order chi connectivity index (χ0) is 15.2. The van der Waals surface area contributed by atoms with Gasteiger partial charge in [-0.3, -0.25) is 9.48 Å². The molecule has 0 saturated heterocycles. The van der Waals surface area contributed by atoms with Gasteiger partial charge in [0, 0.05) is 25.4 Å². The summed E-state index contributed by atoms with van der Waals surface area (Å²) in [4.78, 5) is 22.5. The summed E-state index contributed by atoms with van der Waals surface area (Å²) in [6, 6.07) is 6.72. The number of aliphatic carboxylic acids is 1. The zero-order valence-corrected chi connectivity index (χ0v) is 11.5. The maximum absolute atomic E-state index is 11.9. The van der Waals surface area contributed by atoms with Crippen molar-refractivity contribution in [3.63, 3.8) is 0 Å². The Labute approximate surface area is 121 Å². The van der Waals surface area contributed by atoms with E-state index in [0.29, 0.717) is 17.8 Å². The van der Waals surface area contributed by atoms with Gasteiger partial charge in [-0.05, 0) is 18.1 Å². The van der Waals surface area contributed by atoms with Crippen LogP contribution in [0.15, 0.2) is 36.7 Å². The second kappa shape index (κ2) is 6.56. The van der Waals surface area contributed by atoms with Crippen molar-refractivity contribution in [1.82, 2.24) is 9.78 Å². The lowest BCUT2D eigenvalue weighted by Gasteiger charge is -2.10. The molecule has 1 heterocycles. The van der Waals surface area contributed by atoms with Gasteiger partial charge in [-0.2, -0.15) is 5.10 Å². The number of rotatable bonds is 5. The van der Waals surface area contributed by atoms with E-state index in [0.717, 1.165) is 5.56 Å². The van der Waals surface area contributed by atoms with Crippen LogP contribution in [0.4, 0.5) is 16.2 Å². The molecule has 1 aromatic carbocycles. The first-order valence-corrected chi connectivity index (χ1v) is 6.41. The Hall–Kier alpha value is -2.83. The molecule has 2 rings (SSSR count). The van der Waals surface area contributed by atoms with Crippen LogP contribution in [0.1, 0.15) is 12.0 Å². The van der Waals surface area contributed by atoms with Gasteiger partial charge in [-0.25, -0.2) is 4.79 Å². The molecule has 0 aliphatic heterocycles. The van der Waals surface area contributed by atoms with Gasteiger partial charge in [0.1, 0.15) is 0 Å². The first-order valence-electron chi connectivity index (χ1n) is 6.41. The number of nitrogens with zero attached hydrogens (tertiary/aromatic N) is 2. The Bertz CT molecular complexity index is 651. The molecule has 0 aliphatic rings. The molecule has 21 heavy (non-hydrogen) atoms. The molecule has 0 bridgehead atoms. The first kappa shape index (κ1) is 14.6. The fourth-order valence-corrected chi connectivity index (χ4v) is 1.87. The highest BCUT2D eigenvalue weighted by Crippen LogP contribution is 2.17. The molecule has 3 N–H and O–H groups in total. The van der Waals surface area contributed by atoms with E-state index in [9.17, 15) is 9.59 Å². The number of carboxylic acid groups (broad SMARTS) is 1. The SMILES string of the molecule is Cn1cc(NC(=O)Nc2ccccc2CCC(=O)O)cn1. The van der Waals surface area contributed by atoms with E-state index in [-0.39, 0.29) is 6.42 Å². The molecule has 0 saturated carbocycles. The average molecular weight is 288 g/mol. The van der Waals surface area contributed by atoms with Gasteiger partial charge in [-0.15, -0.1) is 0 Å². The standard InChI is InChI=1S/C14H16N4O3/c1-18-9-11(8-15-18)16-14(21)17-12-5-3-2-4-10(12)6-7-13(19)20/h2-5,8-9H,6-7H2,1H3,(H,19,20)(H2,16,17,21). The van der Waals surface area contributed by atoms with Gasteiger partial charge >= 0.3 is 12.0 Å². The molecule has 2 amide bonds. The van der Waals surface area contributed by atoms with Gasteiger partial charge in [0.25, 0.3) is 0 Å². The van der Waals surface area contributed by atoms with E-state index < -0.39 is 12.0 Å². The highest BCUT2D eigenvalue weighted by Gasteiger charge is 2.08. The van der Waals surface area contributed by atoms with Crippen LogP contribution in [0, 0.1) is 0 Å². The number of carboxylic acids is 1. The Morgan fingerprint density at radius 2 is 2.05 bits per heavy atom. The van der Waals surface area contributed by atoms with Crippen molar-refractivity contribution in [3.8, 4) is 0 Å². The number of aromatic nitrogens is 2. The number of hydrogen-bond acceptors (Lipinski definition) is 3. The number of benzene rings is 1. The fourth-order valence-electron chi connectivity index (χ4n) is 1.87. The molecule has 0 atom stereocenters. The Morgan fingerprint density at radius 3 is 2.71 bits per heavy atom. The van der Waals surface area contributed by atoms with Crippen LogP contribution in [0.2, 0.25) is 0 Å². The van der Waals surface area contributed by atoms with Crippen LogP contribution in [-0.2, 0) is 18.3 Å². The quantitative estimate of drug-likeness (QED) is 0.784. The number of amides is 2. The van der Waals surface area contributed by atoms with Crippen molar-refractivity contribution >= 4 is 23.4 Å². The summed E-state index contributed by atoms with van der Waals surface area (Å²) >= 11 is 0. The van der Waals surface area contributed by atoms with Gasteiger partial charge in [0.15, 0.2) is 0 Å². The number of aryl methyl sites for hydroxylation is 2. The number of para-hydroxylation sites is 1. The molecule has 0 fully saturated rings. The molecule has 1 aromatic heterocycles. The lowest BCUT2D eigenvalue weighted by atomic mass is 10.1. The third kappa shape index (κ3) is 4.34. The van der Waals surface area contributed by atoms with Crippen molar-refractivity contribution in [1.29, 1.82) is 0 Å². The van der Waals surface area contributed by atoms with Crippen molar-refractivity contribution < 1.29 is 14.7 Å². The molecule has 110 valence electrons. The predicted molar refractivity (Wildman–Crippen MR) is 78.2 cm³/mol. The molecule has 0 spiro atoms. The Morgan fingerprint density at radius 1 is 1.29 bits per heavy atom. The van der Waals surface area contributed by atoms with Crippen LogP contribution in [-0.4, -0.2) is 26.9 Å². The minimum absolute atomic E-state index is 0.0168. The molecular weight excluding hydrogens is 272 g/mol. The van der Waals surface area contributed by atoms with E-state index in [2.05, 4.69) is 15.7 Å². The summed E-state index contributed by atoms with van der Waals surface area (Å²) in [5, 5.41) is 18.1. The molecule has 0 radical (unpaired) electrons. The van der Waals surface area contributed by atoms with Crippen LogP contribution < -0.4 is 10.6 Å². The zero-order valence-electron chi connectivity index (χ0n) is 11.5. The normalized spacial score (nSPS) is 10.1. The third-order valence-corrected chi connectivity index (χ3v) is 2.84. The van der Waals surface area contributed by atoms with Crippen LogP contribution in [0.25, 0.3) is 0 Å². The summed E-state index contributed by atoms with van der Waals surface area (Å²) in [5.74, 6) is -0.871.